The molecule has 10 heteroatoms. The molecule has 0 spiro atoms. The Morgan fingerprint density at radius 2 is 2.00 bits per heavy atom. The molecule has 2 aromatic rings. The van der Waals surface area contributed by atoms with Crippen LogP contribution in [0, 0.1) is 10.1 Å². The van der Waals surface area contributed by atoms with Crippen LogP contribution in [0.15, 0.2) is 48.7 Å². The first kappa shape index (κ1) is 21.3. The van der Waals surface area contributed by atoms with E-state index in [1.54, 1.807) is 38.1 Å². The van der Waals surface area contributed by atoms with Crippen molar-refractivity contribution in [2.75, 3.05) is 6.54 Å². The van der Waals surface area contributed by atoms with E-state index in [0.29, 0.717) is 5.75 Å². The zero-order valence-corrected chi connectivity index (χ0v) is 15.3. The Labute approximate surface area is 152 Å². The van der Waals surface area contributed by atoms with Gasteiger partial charge in [0.1, 0.15) is 20.9 Å². The number of benzene rings is 1. The van der Waals surface area contributed by atoms with Crippen LogP contribution in [0.4, 0.5) is 5.69 Å². The molecule has 0 saturated heterocycles. The van der Waals surface area contributed by atoms with Gasteiger partial charge in [-0.05, 0) is 26.0 Å². The van der Waals surface area contributed by atoms with E-state index in [2.05, 4.69) is 10.1 Å². The fourth-order valence-corrected chi connectivity index (χ4v) is 1.98. The maximum Gasteiger partial charge on any atom is 0.320 e. The first-order chi connectivity index (χ1) is 12.4. The maximum atomic E-state index is 11.2. The lowest BCUT2D eigenvalue weighted by Gasteiger charge is -2.08. The van der Waals surface area contributed by atoms with Crippen LogP contribution in [-0.4, -0.2) is 33.6 Å². The monoisotopic (exact) mass is 381 g/mol. The minimum atomic E-state index is -0.542. The Morgan fingerprint density at radius 1 is 1.31 bits per heavy atom. The number of rotatable bonds is 7. The average molecular weight is 381 g/mol. The standard InChI is InChI=1S/C10H14N3O5P.C6H6O/c1-7(2)17-10(14)6-12-19-18-9-4-3-8(5-11-9)13(15)16;7-6-4-2-1-3-5-6/h3-5,7,12,19H,6H2,1-2H3;1-5,7H. The van der Waals surface area contributed by atoms with Gasteiger partial charge in [0, 0.05) is 12.1 Å². The summed E-state index contributed by atoms with van der Waals surface area (Å²) in [6.45, 7) is 3.55. The Balaban J connectivity index is 0.000000401. The number of nitro groups is 1. The van der Waals surface area contributed by atoms with E-state index >= 15 is 0 Å². The lowest BCUT2D eigenvalue weighted by Crippen LogP contribution is -2.22. The Kier molecular flexibility index (Phi) is 9.59. The summed E-state index contributed by atoms with van der Waals surface area (Å²) in [5, 5.41) is 21.8. The van der Waals surface area contributed by atoms with Gasteiger partial charge in [0.15, 0.2) is 0 Å². The van der Waals surface area contributed by atoms with Gasteiger partial charge in [-0.2, -0.15) is 0 Å². The van der Waals surface area contributed by atoms with Crippen molar-refractivity contribution >= 4 is 20.6 Å². The molecule has 2 rings (SSSR count). The number of para-hydroxylation sites is 1. The number of pyridine rings is 1. The number of nitrogens with zero attached hydrogens (tertiary/aromatic N) is 2. The van der Waals surface area contributed by atoms with Crippen LogP contribution >= 0.6 is 8.96 Å². The topological polar surface area (TPSA) is 124 Å². The van der Waals surface area contributed by atoms with E-state index in [4.69, 9.17) is 14.4 Å². The third-order valence-electron chi connectivity index (χ3n) is 2.52. The molecular weight excluding hydrogens is 361 g/mol. The quantitative estimate of drug-likeness (QED) is 0.247. The highest BCUT2D eigenvalue weighted by Crippen LogP contribution is 2.18. The fraction of sp³-hybridized carbons (Fsp3) is 0.250. The molecule has 0 aliphatic rings. The normalized spacial score (nSPS) is 10.3. The molecule has 0 aliphatic carbocycles. The van der Waals surface area contributed by atoms with Crippen molar-refractivity contribution < 1.29 is 24.1 Å². The molecule has 0 saturated carbocycles. The van der Waals surface area contributed by atoms with E-state index in [1.807, 2.05) is 6.07 Å². The number of hydrogen-bond donors (Lipinski definition) is 2. The van der Waals surface area contributed by atoms with E-state index in [1.165, 1.54) is 12.1 Å². The van der Waals surface area contributed by atoms with Gasteiger partial charge in [-0.15, -0.1) is 0 Å². The summed E-state index contributed by atoms with van der Waals surface area (Å²) in [6.07, 6.45) is 0.946. The largest absolute Gasteiger partial charge is 0.508 e. The van der Waals surface area contributed by atoms with Crippen LogP contribution in [0.25, 0.3) is 0 Å². The minimum absolute atomic E-state index is 0.0314. The number of carbonyl (C=O) groups excluding carboxylic acids is 1. The molecule has 2 N–H and O–H groups in total. The van der Waals surface area contributed by atoms with Gasteiger partial charge in [0.25, 0.3) is 5.69 Å². The number of carbonyl (C=O) groups is 1. The van der Waals surface area contributed by atoms with E-state index in [0.717, 1.165) is 6.20 Å². The number of phenols is 1. The van der Waals surface area contributed by atoms with Crippen molar-refractivity contribution in [3.8, 4) is 11.6 Å². The molecule has 0 fully saturated rings. The minimum Gasteiger partial charge on any atom is -0.508 e. The predicted octanol–water partition coefficient (Wildman–Crippen LogP) is 2.81. The Hall–Kier alpha value is -2.77. The molecule has 0 aliphatic heterocycles. The Bertz CT molecular complexity index is 682. The summed E-state index contributed by atoms with van der Waals surface area (Å²) in [5.41, 5.74) is -0.107. The molecule has 0 radical (unpaired) electrons. The number of hydrogen-bond acceptors (Lipinski definition) is 8. The maximum absolute atomic E-state index is 11.2. The fourth-order valence-electron chi connectivity index (χ4n) is 1.47. The van der Waals surface area contributed by atoms with Crippen molar-refractivity contribution in [3.05, 3.63) is 58.8 Å². The smallest absolute Gasteiger partial charge is 0.320 e. The third-order valence-corrected chi connectivity index (χ3v) is 3.15. The summed E-state index contributed by atoms with van der Waals surface area (Å²) in [6, 6.07) is 11.4. The second kappa shape index (κ2) is 11.7. The van der Waals surface area contributed by atoms with Crippen LogP contribution in [0.1, 0.15) is 13.8 Å². The highest BCUT2D eigenvalue weighted by molar-refractivity contribution is 7.30. The highest BCUT2D eigenvalue weighted by atomic mass is 31.1. The number of aromatic nitrogens is 1. The third kappa shape index (κ3) is 9.51. The lowest BCUT2D eigenvalue weighted by atomic mass is 10.3. The van der Waals surface area contributed by atoms with Crippen LogP contribution in [0.2, 0.25) is 0 Å². The molecular formula is C16H20N3O6P. The number of phenolic OH excluding ortho intramolecular Hbond substituents is 1. The average Bonchev–Trinajstić information content (AvgIpc) is 2.60. The van der Waals surface area contributed by atoms with Crippen LogP contribution in [-0.2, 0) is 9.53 Å². The summed E-state index contributed by atoms with van der Waals surface area (Å²) >= 11 is 0. The van der Waals surface area contributed by atoms with Gasteiger partial charge in [-0.1, -0.05) is 18.2 Å². The van der Waals surface area contributed by atoms with Crippen molar-refractivity contribution in [2.45, 2.75) is 20.0 Å². The van der Waals surface area contributed by atoms with Gasteiger partial charge >= 0.3 is 5.97 Å². The number of nitrogens with one attached hydrogen (secondary N) is 1. The molecule has 26 heavy (non-hydrogen) atoms. The molecule has 9 nitrogen and oxygen atoms in total. The molecule has 1 atom stereocenters. The molecule has 1 unspecified atom stereocenters. The van der Waals surface area contributed by atoms with Gasteiger partial charge in [-0.3, -0.25) is 20.0 Å². The molecule has 0 amide bonds. The van der Waals surface area contributed by atoms with Crippen molar-refractivity contribution in [3.63, 3.8) is 0 Å². The number of aromatic hydroxyl groups is 1. The van der Waals surface area contributed by atoms with Gasteiger partial charge in [0.2, 0.25) is 5.88 Å². The van der Waals surface area contributed by atoms with Gasteiger partial charge in [0.05, 0.1) is 17.6 Å². The molecule has 140 valence electrons. The first-order valence-electron chi connectivity index (χ1n) is 7.57. The Morgan fingerprint density at radius 3 is 2.46 bits per heavy atom. The zero-order valence-electron chi connectivity index (χ0n) is 14.3. The summed E-state index contributed by atoms with van der Waals surface area (Å²) in [4.78, 5) is 24.8. The number of esters is 1. The molecule has 1 aromatic heterocycles. The lowest BCUT2D eigenvalue weighted by molar-refractivity contribution is -0.385. The second-order valence-electron chi connectivity index (χ2n) is 5.04. The van der Waals surface area contributed by atoms with Crippen LogP contribution in [0.3, 0.4) is 0 Å². The SMILES string of the molecule is CC(C)OC(=O)CNPOc1ccc([N+](=O)[O-])cn1.Oc1ccccc1. The van der Waals surface area contributed by atoms with Gasteiger partial charge in [-0.25, -0.2) is 4.98 Å². The first-order valence-corrected chi connectivity index (χ1v) is 8.48. The highest BCUT2D eigenvalue weighted by Gasteiger charge is 2.07. The van der Waals surface area contributed by atoms with E-state index in [-0.39, 0.29) is 39.1 Å². The second-order valence-corrected chi connectivity index (χ2v) is 5.81. The van der Waals surface area contributed by atoms with E-state index < -0.39 is 4.92 Å². The zero-order chi connectivity index (χ0) is 19.4. The molecule has 1 aromatic carbocycles. The van der Waals surface area contributed by atoms with Gasteiger partial charge < -0.3 is 14.4 Å². The summed E-state index contributed by atoms with van der Waals surface area (Å²) < 4.78 is 10.1. The van der Waals surface area contributed by atoms with Crippen molar-refractivity contribution in [1.29, 1.82) is 0 Å². The molecule has 1 heterocycles. The summed E-state index contributed by atoms with van der Waals surface area (Å²) in [5.74, 6) is 0.193. The van der Waals surface area contributed by atoms with Crippen molar-refractivity contribution in [1.82, 2.24) is 10.1 Å². The van der Waals surface area contributed by atoms with E-state index in [9.17, 15) is 14.9 Å². The predicted molar refractivity (Wildman–Crippen MR) is 97.2 cm³/mol. The number of ether oxygens (including phenoxy) is 1. The molecule has 0 bridgehead atoms. The van der Waals surface area contributed by atoms with Crippen LogP contribution < -0.4 is 9.61 Å². The summed E-state index contributed by atoms with van der Waals surface area (Å²) in [7, 11) is -0.193. The van der Waals surface area contributed by atoms with Crippen molar-refractivity contribution in [2.24, 2.45) is 0 Å². The van der Waals surface area contributed by atoms with Crippen LogP contribution in [0.5, 0.6) is 11.6 Å².